The second-order valence-electron chi connectivity index (χ2n) is 5.43. The molecular formula is C16H12N2O5. The molecule has 0 amide bonds. The molecule has 0 spiro atoms. The molecule has 1 fully saturated rings. The van der Waals surface area contributed by atoms with Gasteiger partial charge in [-0.3, -0.25) is 20.2 Å². The van der Waals surface area contributed by atoms with Gasteiger partial charge >= 0.3 is 0 Å². The van der Waals surface area contributed by atoms with Crippen LogP contribution in [0.25, 0.3) is 0 Å². The molecule has 0 N–H and O–H groups in total. The molecule has 0 unspecified atom stereocenters. The van der Waals surface area contributed by atoms with Crippen LogP contribution in [0, 0.1) is 26.1 Å². The molecular weight excluding hydrogens is 300 g/mol. The number of nitrogens with zero attached hydrogens (tertiary/aromatic N) is 2. The van der Waals surface area contributed by atoms with Crippen molar-refractivity contribution in [1.29, 1.82) is 0 Å². The molecule has 3 rings (SSSR count). The van der Waals surface area contributed by atoms with Gasteiger partial charge in [-0.1, -0.05) is 30.3 Å². The first-order chi connectivity index (χ1) is 11.0. The van der Waals surface area contributed by atoms with Gasteiger partial charge in [-0.05, 0) is 11.6 Å². The van der Waals surface area contributed by atoms with Gasteiger partial charge < -0.3 is 4.79 Å². The number of nitro benzene ring substituents is 2. The van der Waals surface area contributed by atoms with Crippen molar-refractivity contribution in [2.75, 3.05) is 0 Å². The van der Waals surface area contributed by atoms with Gasteiger partial charge in [0.1, 0.15) is 6.29 Å². The van der Waals surface area contributed by atoms with E-state index in [2.05, 4.69) is 0 Å². The molecule has 2 aromatic rings. The maximum absolute atomic E-state index is 11.3. The molecule has 0 heterocycles. The largest absolute Gasteiger partial charge is 0.303 e. The molecule has 1 aliphatic carbocycles. The van der Waals surface area contributed by atoms with Crippen LogP contribution in [0.3, 0.4) is 0 Å². The van der Waals surface area contributed by atoms with E-state index in [1.165, 1.54) is 12.1 Å². The second-order valence-corrected chi connectivity index (χ2v) is 5.43. The van der Waals surface area contributed by atoms with Crippen LogP contribution < -0.4 is 0 Å². The van der Waals surface area contributed by atoms with Crippen molar-refractivity contribution in [3.63, 3.8) is 0 Å². The first kappa shape index (κ1) is 14.8. The average molecular weight is 312 g/mol. The summed E-state index contributed by atoms with van der Waals surface area (Å²) in [6.07, 6.45) is 0.799. The van der Waals surface area contributed by atoms with Crippen molar-refractivity contribution in [2.45, 2.75) is 11.8 Å². The normalized spacial score (nSPS) is 22.3. The predicted octanol–water partition coefficient (Wildman–Crippen LogP) is 3.20. The van der Waals surface area contributed by atoms with Crippen LogP contribution in [0.4, 0.5) is 11.4 Å². The lowest BCUT2D eigenvalue weighted by Gasteiger charge is -2.03. The van der Waals surface area contributed by atoms with Crippen molar-refractivity contribution in [3.8, 4) is 0 Å². The zero-order valence-electron chi connectivity index (χ0n) is 11.9. The maximum atomic E-state index is 11.3. The number of nitro groups is 2. The van der Waals surface area contributed by atoms with Crippen LogP contribution in [-0.2, 0) is 4.79 Å². The molecule has 0 aromatic heterocycles. The van der Waals surface area contributed by atoms with Crippen molar-refractivity contribution < 1.29 is 14.6 Å². The van der Waals surface area contributed by atoms with Crippen LogP contribution in [-0.4, -0.2) is 16.1 Å². The molecule has 3 atom stereocenters. The highest BCUT2D eigenvalue weighted by atomic mass is 16.6. The SMILES string of the molecule is O=C[C@@H]1[C@@H](c2ccccc2)[C@@H]1c1ccc([N+](=O)[O-])cc1[N+](=O)[O-]. The predicted molar refractivity (Wildman–Crippen MR) is 81.2 cm³/mol. The Morgan fingerprint density at radius 2 is 1.61 bits per heavy atom. The lowest BCUT2D eigenvalue weighted by molar-refractivity contribution is -0.394. The van der Waals surface area contributed by atoms with Gasteiger partial charge in [0.25, 0.3) is 11.4 Å². The van der Waals surface area contributed by atoms with Gasteiger partial charge in [-0.2, -0.15) is 0 Å². The summed E-state index contributed by atoms with van der Waals surface area (Å²) in [6.45, 7) is 0. The minimum absolute atomic E-state index is 0.131. The Labute approximate surface area is 130 Å². The highest BCUT2D eigenvalue weighted by molar-refractivity contribution is 5.69. The third-order valence-electron chi connectivity index (χ3n) is 4.20. The quantitative estimate of drug-likeness (QED) is 0.479. The monoisotopic (exact) mass is 312 g/mol. The molecule has 0 bridgehead atoms. The van der Waals surface area contributed by atoms with Crippen LogP contribution in [0.5, 0.6) is 0 Å². The molecule has 23 heavy (non-hydrogen) atoms. The lowest BCUT2D eigenvalue weighted by atomic mass is 10.0. The molecule has 2 aromatic carbocycles. The van der Waals surface area contributed by atoms with E-state index in [-0.39, 0.29) is 29.1 Å². The third-order valence-corrected chi connectivity index (χ3v) is 4.20. The number of aldehydes is 1. The van der Waals surface area contributed by atoms with Gasteiger partial charge in [-0.25, -0.2) is 0 Å². The summed E-state index contributed by atoms with van der Waals surface area (Å²) >= 11 is 0. The van der Waals surface area contributed by atoms with E-state index in [0.29, 0.717) is 5.56 Å². The Morgan fingerprint density at radius 1 is 0.913 bits per heavy atom. The minimum Gasteiger partial charge on any atom is -0.303 e. The number of carbonyl (C=O) groups excluding carboxylic acids is 1. The number of benzene rings is 2. The van der Waals surface area contributed by atoms with Crippen LogP contribution in [0.2, 0.25) is 0 Å². The fourth-order valence-corrected chi connectivity index (χ4v) is 3.09. The third kappa shape index (κ3) is 2.57. The fraction of sp³-hybridized carbons (Fsp3) is 0.188. The van der Waals surface area contributed by atoms with E-state index in [9.17, 15) is 25.0 Å². The molecule has 0 radical (unpaired) electrons. The van der Waals surface area contributed by atoms with Gasteiger partial charge in [0.05, 0.1) is 15.9 Å². The zero-order valence-corrected chi connectivity index (χ0v) is 11.9. The number of hydrogen-bond donors (Lipinski definition) is 0. The van der Waals surface area contributed by atoms with Gasteiger partial charge in [0.15, 0.2) is 0 Å². The average Bonchev–Trinajstić information content (AvgIpc) is 3.29. The summed E-state index contributed by atoms with van der Waals surface area (Å²) in [5.41, 5.74) is 0.656. The highest BCUT2D eigenvalue weighted by Gasteiger charge is 2.54. The molecule has 1 saturated carbocycles. The van der Waals surface area contributed by atoms with E-state index in [1.54, 1.807) is 0 Å². The topological polar surface area (TPSA) is 103 Å². The minimum atomic E-state index is -0.671. The maximum Gasteiger partial charge on any atom is 0.279 e. The summed E-state index contributed by atoms with van der Waals surface area (Å²) in [5.74, 6) is -0.803. The van der Waals surface area contributed by atoms with E-state index in [1.807, 2.05) is 30.3 Å². The smallest absolute Gasteiger partial charge is 0.279 e. The van der Waals surface area contributed by atoms with E-state index in [4.69, 9.17) is 0 Å². The highest BCUT2D eigenvalue weighted by Crippen LogP contribution is 2.61. The molecule has 116 valence electrons. The van der Waals surface area contributed by atoms with Crippen molar-refractivity contribution in [1.82, 2.24) is 0 Å². The van der Waals surface area contributed by atoms with E-state index >= 15 is 0 Å². The van der Waals surface area contributed by atoms with Crippen LogP contribution in [0.1, 0.15) is 23.0 Å². The van der Waals surface area contributed by atoms with E-state index < -0.39 is 9.85 Å². The summed E-state index contributed by atoms with van der Waals surface area (Å²) in [5, 5.41) is 22.1. The number of carbonyl (C=O) groups is 1. The van der Waals surface area contributed by atoms with Crippen molar-refractivity contribution in [2.24, 2.45) is 5.92 Å². The molecule has 7 heteroatoms. The van der Waals surface area contributed by atoms with Gasteiger partial charge in [0.2, 0.25) is 0 Å². The van der Waals surface area contributed by atoms with Crippen molar-refractivity contribution in [3.05, 3.63) is 79.9 Å². The van der Waals surface area contributed by atoms with Crippen molar-refractivity contribution >= 4 is 17.7 Å². The summed E-state index contributed by atoms with van der Waals surface area (Å²) in [4.78, 5) is 32.1. The molecule has 1 aliphatic rings. The van der Waals surface area contributed by atoms with Crippen LogP contribution in [0.15, 0.2) is 48.5 Å². The Morgan fingerprint density at radius 3 is 2.17 bits per heavy atom. The molecule has 0 saturated heterocycles. The summed E-state index contributed by atoms with van der Waals surface area (Å²) in [6, 6.07) is 12.9. The fourth-order valence-electron chi connectivity index (χ4n) is 3.09. The Bertz CT molecular complexity index is 790. The zero-order chi connectivity index (χ0) is 16.6. The molecule has 0 aliphatic heterocycles. The Kier molecular flexibility index (Phi) is 3.61. The molecule has 7 nitrogen and oxygen atoms in total. The summed E-state index contributed by atoms with van der Waals surface area (Å²) in [7, 11) is 0. The number of non-ortho nitro benzene ring substituents is 1. The lowest BCUT2D eigenvalue weighted by Crippen LogP contribution is -1.98. The Hall–Kier alpha value is -3.09. The first-order valence-electron chi connectivity index (χ1n) is 6.97. The number of hydrogen-bond acceptors (Lipinski definition) is 5. The Balaban J connectivity index is 2.03. The number of rotatable bonds is 5. The summed E-state index contributed by atoms with van der Waals surface area (Å²) < 4.78 is 0. The standard InChI is InChI=1S/C16H12N2O5/c19-9-13-15(10-4-2-1-3-5-10)16(13)12-7-6-11(17(20)21)8-14(12)18(22)23/h1-9,13,15-16H/t13-,15-,16-/m1/s1. The second kappa shape index (κ2) is 5.60. The van der Waals surface area contributed by atoms with E-state index in [0.717, 1.165) is 17.9 Å². The van der Waals surface area contributed by atoms with Crippen LogP contribution >= 0.6 is 0 Å². The van der Waals surface area contributed by atoms with Gasteiger partial charge in [-0.15, -0.1) is 0 Å². The van der Waals surface area contributed by atoms with Gasteiger partial charge in [0, 0.05) is 29.4 Å². The first-order valence-corrected chi connectivity index (χ1v) is 6.97.